The lowest BCUT2D eigenvalue weighted by molar-refractivity contribution is 0.490. The average Bonchev–Trinajstić information content (AvgIpc) is 2.39. The number of nitrogens with one attached hydrogen (secondary N) is 2. The van der Waals surface area contributed by atoms with E-state index >= 15 is 0 Å². The van der Waals surface area contributed by atoms with Crippen molar-refractivity contribution in [3.05, 3.63) is 34.9 Å². The molecule has 1 aromatic rings. The Morgan fingerprint density at radius 2 is 1.83 bits per heavy atom. The smallest absolute Gasteiger partial charge is 0.0444 e. The summed E-state index contributed by atoms with van der Waals surface area (Å²) < 4.78 is 0. The highest BCUT2D eigenvalue weighted by Gasteiger charge is 2.14. The van der Waals surface area contributed by atoms with Crippen LogP contribution < -0.4 is 10.6 Å². The van der Waals surface area contributed by atoms with Crippen LogP contribution in [0.3, 0.4) is 0 Å². The summed E-state index contributed by atoms with van der Waals surface area (Å²) in [5.74, 6) is 0. The second kappa shape index (κ2) is 6.35. The maximum Gasteiger partial charge on any atom is 0.0444 e. The molecule has 2 N–H and O–H groups in total. The van der Waals surface area contributed by atoms with Crippen molar-refractivity contribution in [3.8, 4) is 0 Å². The molecule has 1 atom stereocenters. The van der Waals surface area contributed by atoms with Crippen molar-refractivity contribution in [2.24, 2.45) is 0 Å². The van der Waals surface area contributed by atoms with Gasteiger partial charge < -0.3 is 10.6 Å². The van der Waals surface area contributed by atoms with Crippen molar-refractivity contribution in [2.75, 3.05) is 13.6 Å². The van der Waals surface area contributed by atoms with Crippen LogP contribution in [0.5, 0.6) is 0 Å². The summed E-state index contributed by atoms with van der Waals surface area (Å²) in [5.41, 5.74) is 4.56. The zero-order valence-electron chi connectivity index (χ0n) is 11.9. The minimum absolute atomic E-state index is 0.416. The van der Waals surface area contributed by atoms with E-state index in [-0.39, 0.29) is 0 Å². The highest BCUT2D eigenvalue weighted by atomic mass is 15.0. The first kappa shape index (κ1) is 13.6. The average molecular weight is 246 g/mol. The van der Waals surface area contributed by atoms with E-state index in [1.165, 1.54) is 31.2 Å². The lowest BCUT2D eigenvalue weighted by Gasteiger charge is -2.22. The fourth-order valence-corrected chi connectivity index (χ4v) is 2.71. The summed E-state index contributed by atoms with van der Waals surface area (Å²) in [7, 11) is 2.05. The molecule has 0 fully saturated rings. The fraction of sp³-hybridized carbons (Fsp3) is 0.625. The Kier molecular flexibility index (Phi) is 4.79. The van der Waals surface area contributed by atoms with Gasteiger partial charge in [0, 0.05) is 18.6 Å². The van der Waals surface area contributed by atoms with Crippen LogP contribution >= 0.6 is 0 Å². The van der Waals surface area contributed by atoms with Gasteiger partial charge in [0.2, 0.25) is 0 Å². The van der Waals surface area contributed by atoms with Gasteiger partial charge in [-0.15, -0.1) is 0 Å². The molecule has 0 aliphatic heterocycles. The number of aryl methyl sites for hydroxylation is 2. The Morgan fingerprint density at radius 3 is 2.50 bits per heavy atom. The molecule has 1 unspecified atom stereocenters. The van der Waals surface area contributed by atoms with Crippen molar-refractivity contribution < 1.29 is 0 Å². The predicted molar refractivity (Wildman–Crippen MR) is 78.0 cm³/mol. The molecular weight excluding hydrogens is 220 g/mol. The third-order valence-electron chi connectivity index (χ3n) is 3.85. The van der Waals surface area contributed by atoms with Crippen molar-refractivity contribution in [1.82, 2.24) is 10.6 Å². The van der Waals surface area contributed by atoms with Crippen LogP contribution in [0.1, 0.15) is 49.4 Å². The van der Waals surface area contributed by atoms with E-state index < -0.39 is 0 Å². The third-order valence-corrected chi connectivity index (χ3v) is 3.85. The van der Waals surface area contributed by atoms with Crippen LogP contribution in [0.4, 0.5) is 0 Å². The third kappa shape index (κ3) is 3.33. The fourth-order valence-electron chi connectivity index (χ4n) is 2.71. The van der Waals surface area contributed by atoms with Crippen molar-refractivity contribution in [2.45, 2.75) is 51.6 Å². The zero-order chi connectivity index (χ0) is 13.0. The maximum atomic E-state index is 3.51. The summed E-state index contributed by atoms with van der Waals surface area (Å²) in [4.78, 5) is 0. The van der Waals surface area contributed by atoms with Crippen LogP contribution in [0.2, 0.25) is 0 Å². The second-order valence-electron chi connectivity index (χ2n) is 5.64. The number of fused-ring (bicyclic) bond motifs is 1. The maximum absolute atomic E-state index is 3.51. The number of likely N-dealkylation sites (N-methyl/N-ethyl adjacent to an activating group) is 1. The number of rotatable bonds is 5. The summed E-state index contributed by atoms with van der Waals surface area (Å²) in [6.45, 7) is 5.38. The first-order chi connectivity index (χ1) is 8.70. The molecule has 0 saturated carbocycles. The number of hydrogen-bond donors (Lipinski definition) is 2. The van der Waals surface area contributed by atoms with Crippen LogP contribution in [0.25, 0.3) is 0 Å². The molecule has 0 spiro atoms. The molecule has 0 bridgehead atoms. The molecule has 100 valence electrons. The Hall–Kier alpha value is -0.860. The number of hydrogen-bond acceptors (Lipinski definition) is 2. The molecule has 1 aliphatic carbocycles. The van der Waals surface area contributed by atoms with Gasteiger partial charge in [0.25, 0.3) is 0 Å². The predicted octanol–water partition coefficient (Wildman–Crippen LogP) is 2.82. The normalized spacial score (nSPS) is 16.7. The van der Waals surface area contributed by atoms with E-state index in [1.54, 1.807) is 11.1 Å². The minimum Gasteiger partial charge on any atom is -0.313 e. The van der Waals surface area contributed by atoms with Gasteiger partial charge in [0.05, 0.1) is 0 Å². The topological polar surface area (TPSA) is 24.1 Å². The molecule has 18 heavy (non-hydrogen) atoms. The van der Waals surface area contributed by atoms with Gasteiger partial charge in [-0.1, -0.05) is 32.0 Å². The van der Waals surface area contributed by atoms with Gasteiger partial charge in [0.1, 0.15) is 0 Å². The van der Waals surface area contributed by atoms with E-state index in [4.69, 9.17) is 0 Å². The summed E-state index contributed by atoms with van der Waals surface area (Å²) >= 11 is 0. The van der Waals surface area contributed by atoms with Gasteiger partial charge in [-0.05, 0) is 49.4 Å². The molecule has 1 aliphatic rings. The van der Waals surface area contributed by atoms with E-state index in [9.17, 15) is 0 Å². The molecule has 0 saturated heterocycles. The SMILES string of the molecule is CNC(CNC(C)C)c1ccc2c(c1)CCCC2. The first-order valence-corrected chi connectivity index (χ1v) is 7.23. The van der Waals surface area contributed by atoms with E-state index in [0.29, 0.717) is 12.1 Å². The van der Waals surface area contributed by atoms with Gasteiger partial charge in [0.15, 0.2) is 0 Å². The standard InChI is InChI=1S/C16H26N2/c1-12(2)18-11-16(17-3)15-9-8-13-6-4-5-7-14(13)10-15/h8-10,12,16-18H,4-7,11H2,1-3H3. The molecule has 2 rings (SSSR count). The molecule has 0 radical (unpaired) electrons. The van der Waals surface area contributed by atoms with E-state index in [0.717, 1.165) is 6.54 Å². The molecule has 0 aromatic heterocycles. The lowest BCUT2D eigenvalue weighted by atomic mass is 9.89. The summed E-state index contributed by atoms with van der Waals surface area (Å²) in [6.07, 6.45) is 5.24. The Balaban J connectivity index is 2.10. The van der Waals surface area contributed by atoms with Crippen LogP contribution in [0, 0.1) is 0 Å². The monoisotopic (exact) mass is 246 g/mol. The van der Waals surface area contributed by atoms with Gasteiger partial charge >= 0.3 is 0 Å². The number of benzene rings is 1. The van der Waals surface area contributed by atoms with Crippen molar-refractivity contribution >= 4 is 0 Å². The Bertz CT molecular complexity index is 385. The van der Waals surface area contributed by atoms with Crippen LogP contribution in [-0.2, 0) is 12.8 Å². The second-order valence-corrected chi connectivity index (χ2v) is 5.64. The Labute approximate surface area is 111 Å². The first-order valence-electron chi connectivity index (χ1n) is 7.23. The Morgan fingerprint density at radius 1 is 1.11 bits per heavy atom. The quantitative estimate of drug-likeness (QED) is 0.835. The van der Waals surface area contributed by atoms with Crippen LogP contribution in [-0.4, -0.2) is 19.6 Å². The molecule has 2 nitrogen and oxygen atoms in total. The molecule has 0 heterocycles. The highest BCUT2D eigenvalue weighted by molar-refractivity contribution is 5.35. The van der Waals surface area contributed by atoms with Gasteiger partial charge in [-0.25, -0.2) is 0 Å². The summed E-state index contributed by atoms with van der Waals surface area (Å²) in [6, 6.07) is 8.01. The van der Waals surface area contributed by atoms with E-state index in [1.807, 2.05) is 7.05 Å². The van der Waals surface area contributed by atoms with Crippen molar-refractivity contribution in [3.63, 3.8) is 0 Å². The molecule has 0 amide bonds. The van der Waals surface area contributed by atoms with E-state index in [2.05, 4.69) is 42.7 Å². The van der Waals surface area contributed by atoms with Gasteiger partial charge in [-0.3, -0.25) is 0 Å². The summed E-state index contributed by atoms with van der Waals surface area (Å²) in [5, 5.41) is 6.93. The van der Waals surface area contributed by atoms with Crippen LogP contribution in [0.15, 0.2) is 18.2 Å². The highest BCUT2D eigenvalue weighted by Crippen LogP contribution is 2.24. The van der Waals surface area contributed by atoms with Crippen molar-refractivity contribution in [1.29, 1.82) is 0 Å². The minimum atomic E-state index is 0.416. The zero-order valence-corrected chi connectivity index (χ0v) is 11.9. The van der Waals surface area contributed by atoms with Gasteiger partial charge in [-0.2, -0.15) is 0 Å². The largest absolute Gasteiger partial charge is 0.313 e. The molecule has 1 aromatic carbocycles. The molecular formula is C16H26N2. The molecule has 2 heteroatoms. The lowest BCUT2D eigenvalue weighted by Crippen LogP contribution is -2.33.